The summed E-state index contributed by atoms with van der Waals surface area (Å²) in [7, 11) is -1.22. The van der Waals surface area contributed by atoms with Crippen LogP contribution >= 0.6 is 0 Å². The van der Waals surface area contributed by atoms with Gasteiger partial charge in [0.25, 0.3) is 0 Å². The van der Waals surface area contributed by atoms with Crippen LogP contribution in [0.4, 0.5) is 17.6 Å². The zero-order valence-corrected chi connectivity index (χ0v) is 13.3. The van der Waals surface area contributed by atoms with Crippen molar-refractivity contribution in [2.24, 2.45) is 0 Å². The molecule has 0 aromatic heterocycles. The average molecular weight is 368 g/mol. The van der Waals surface area contributed by atoms with Gasteiger partial charge in [-0.15, -0.1) is 13.2 Å². The van der Waals surface area contributed by atoms with Crippen LogP contribution in [0, 0.1) is 5.82 Å². The molecule has 0 atom stereocenters. The van der Waals surface area contributed by atoms with Crippen LogP contribution in [0.15, 0.2) is 36.4 Å². The van der Waals surface area contributed by atoms with Crippen LogP contribution in [0.5, 0.6) is 5.75 Å². The summed E-state index contributed by atoms with van der Waals surface area (Å²) in [6, 6.07) is 7.81. The Labute approximate surface area is 146 Å². The molecule has 136 valence electrons. The van der Waals surface area contributed by atoms with Crippen LogP contribution in [0.25, 0.3) is 0 Å². The lowest BCUT2D eigenvalue weighted by Gasteiger charge is -2.13. The molecule has 3 rings (SSSR count). The highest BCUT2D eigenvalue weighted by molar-refractivity contribution is 6.61. The van der Waals surface area contributed by atoms with E-state index >= 15 is 0 Å². The van der Waals surface area contributed by atoms with Gasteiger partial charge in [-0.3, -0.25) is 4.79 Å². The van der Waals surface area contributed by atoms with Gasteiger partial charge in [0.15, 0.2) is 5.78 Å². The van der Waals surface area contributed by atoms with Crippen LogP contribution in [0.3, 0.4) is 0 Å². The summed E-state index contributed by atoms with van der Waals surface area (Å²) in [4.78, 5) is 12.3. The lowest BCUT2D eigenvalue weighted by atomic mass is 9.78. The van der Waals surface area contributed by atoms with Crippen LogP contribution < -0.4 is 10.2 Å². The number of benzene rings is 2. The first-order valence-corrected chi connectivity index (χ1v) is 7.73. The van der Waals surface area contributed by atoms with Crippen molar-refractivity contribution in [3.8, 4) is 5.75 Å². The number of para-hydroxylation sites is 1. The van der Waals surface area contributed by atoms with Crippen molar-refractivity contribution in [3.63, 3.8) is 0 Å². The number of ether oxygens (including phenoxy) is 1. The molecule has 2 aromatic rings. The molecule has 9 heteroatoms. The Hall–Kier alpha value is -2.39. The highest BCUT2D eigenvalue weighted by Gasteiger charge is 2.32. The standard InChI is InChI=1S/C17H13BF4O4/c19-14-7-11-9-25-18(24)13(11)8-12(14)15(23)6-5-10-3-1-2-4-16(10)26-17(20,21)22/h1-4,7-8,24H,5-6,9H2. The zero-order chi connectivity index (χ0) is 18.9. The van der Waals surface area contributed by atoms with Crippen molar-refractivity contribution in [2.45, 2.75) is 25.8 Å². The molecule has 0 unspecified atom stereocenters. The predicted molar refractivity (Wildman–Crippen MR) is 84.6 cm³/mol. The van der Waals surface area contributed by atoms with Crippen molar-refractivity contribution < 1.29 is 36.8 Å². The van der Waals surface area contributed by atoms with Gasteiger partial charge in [-0.05, 0) is 41.2 Å². The molecule has 0 radical (unpaired) electrons. The third-order valence-electron chi connectivity index (χ3n) is 4.01. The summed E-state index contributed by atoms with van der Waals surface area (Å²) in [5, 5.41) is 9.65. The van der Waals surface area contributed by atoms with E-state index in [2.05, 4.69) is 4.74 Å². The Kier molecular flexibility index (Phi) is 5.02. The molecule has 1 aliphatic rings. The molecule has 0 amide bonds. The SMILES string of the molecule is O=C(CCc1ccccc1OC(F)(F)F)c1cc2c(cc1F)COB2O. The fourth-order valence-corrected chi connectivity index (χ4v) is 2.78. The monoisotopic (exact) mass is 368 g/mol. The molecule has 0 saturated heterocycles. The van der Waals surface area contributed by atoms with Crippen molar-refractivity contribution in [1.29, 1.82) is 0 Å². The van der Waals surface area contributed by atoms with Crippen LogP contribution in [0.1, 0.15) is 27.9 Å². The molecular formula is C17H13BF4O4. The number of rotatable bonds is 5. The van der Waals surface area contributed by atoms with Crippen molar-refractivity contribution in [3.05, 3.63) is 58.9 Å². The Morgan fingerprint density at radius 1 is 1.27 bits per heavy atom. The maximum Gasteiger partial charge on any atom is 0.573 e. The van der Waals surface area contributed by atoms with Crippen LogP contribution in [-0.2, 0) is 17.7 Å². The number of ketones is 1. The minimum Gasteiger partial charge on any atom is -0.423 e. The second-order valence-electron chi connectivity index (χ2n) is 5.77. The molecule has 1 heterocycles. The summed E-state index contributed by atoms with van der Waals surface area (Å²) in [5.41, 5.74) is 0.719. The fourth-order valence-electron chi connectivity index (χ4n) is 2.78. The van der Waals surface area contributed by atoms with Gasteiger partial charge in [0.05, 0.1) is 12.2 Å². The van der Waals surface area contributed by atoms with E-state index < -0.39 is 30.8 Å². The van der Waals surface area contributed by atoms with E-state index in [4.69, 9.17) is 4.65 Å². The summed E-state index contributed by atoms with van der Waals surface area (Å²) >= 11 is 0. The Balaban J connectivity index is 1.75. The Morgan fingerprint density at radius 3 is 2.73 bits per heavy atom. The number of fused-ring (bicyclic) bond motifs is 1. The lowest BCUT2D eigenvalue weighted by molar-refractivity contribution is -0.274. The van der Waals surface area contributed by atoms with E-state index in [1.165, 1.54) is 24.3 Å². The van der Waals surface area contributed by atoms with E-state index in [1.54, 1.807) is 0 Å². The summed E-state index contributed by atoms with van der Waals surface area (Å²) in [6.45, 7) is 0.0457. The third kappa shape index (κ3) is 4.05. The van der Waals surface area contributed by atoms with Gasteiger partial charge in [0.1, 0.15) is 11.6 Å². The number of hydrogen-bond donors (Lipinski definition) is 1. The molecule has 1 N–H and O–H groups in total. The Morgan fingerprint density at radius 2 is 2.00 bits per heavy atom. The van der Waals surface area contributed by atoms with E-state index in [0.29, 0.717) is 11.0 Å². The van der Waals surface area contributed by atoms with Gasteiger partial charge in [0.2, 0.25) is 0 Å². The van der Waals surface area contributed by atoms with Crippen LogP contribution in [0.2, 0.25) is 0 Å². The number of alkyl halides is 3. The molecule has 0 spiro atoms. The van der Waals surface area contributed by atoms with E-state index in [0.717, 1.165) is 12.1 Å². The van der Waals surface area contributed by atoms with Gasteiger partial charge in [-0.25, -0.2) is 4.39 Å². The van der Waals surface area contributed by atoms with E-state index in [-0.39, 0.29) is 30.6 Å². The lowest BCUT2D eigenvalue weighted by Crippen LogP contribution is -2.29. The van der Waals surface area contributed by atoms with Gasteiger partial charge in [-0.2, -0.15) is 0 Å². The minimum atomic E-state index is -4.84. The molecule has 26 heavy (non-hydrogen) atoms. The molecule has 0 bridgehead atoms. The number of carbonyl (C=O) groups excluding carboxylic acids is 1. The second-order valence-corrected chi connectivity index (χ2v) is 5.77. The quantitative estimate of drug-likeness (QED) is 0.501. The predicted octanol–water partition coefficient (Wildman–Crippen LogP) is 2.76. The highest BCUT2D eigenvalue weighted by Crippen LogP contribution is 2.27. The van der Waals surface area contributed by atoms with E-state index in [9.17, 15) is 27.4 Å². The van der Waals surface area contributed by atoms with Crippen molar-refractivity contribution in [2.75, 3.05) is 0 Å². The highest BCUT2D eigenvalue weighted by atomic mass is 19.4. The first-order valence-electron chi connectivity index (χ1n) is 7.73. The first-order chi connectivity index (χ1) is 12.2. The Bertz CT molecular complexity index is 838. The average Bonchev–Trinajstić information content (AvgIpc) is 2.92. The van der Waals surface area contributed by atoms with Crippen molar-refractivity contribution in [1.82, 2.24) is 0 Å². The number of halogens is 4. The molecule has 0 aliphatic carbocycles. The number of carbonyl (C=O) groups is 1. The maximum absolute atomic E-state index is 14.1. The minimum absolute atomic E-state index is 0.0457. The van der Waals surface area contributed by atoms with Crippen molar-refractivity contribution >= 4 is 18.4 Å². The normalized spacial score (nSPS) is 13.7. The summed E-state index contributed by atoms with van der Waals surface area (Å²) in [6.07, 6.45) is -5.12. The van der Waals surface area contributed by atoms with Gasteiger partial charge < -0.3 is 14.4 Å². The smallest absolute Gasteiger partial charge is 0.423 e. The largest absolute Gasteiger partial charge is 0.573 e. The second kappa shape index (κ2) is 7.09. The zero-order valence-electron chi connectivity index (χ0n) is 13.3. The number of Topliss-reactive ketones (excluding diaryl/α,β-unsaturated/α-hetero) is 1. The summed E-state index contributed by atoms with van der Waals surface area (Å²) < 4.78 is 60.3. The van der Waals surface area contributed by atoms with Gasteiger partial charge in [0, 0.05) is 6.42 Å². The molecule has 0 saturated carbocycles. The van der Waals surface area contributed by atoms with Gasteiger partial charge >= 0.3 is 13.5 Å². The van der Waals surface area contributed by atoms with Gasteiger partial charge in [-0.1, -0.05) is 18.2 Å². The molecule has 2 aromatic carbocycles. The van der Waals surface area contributed by atoms with Crippen LogP contribution in [-0.4, -0.2) is 24.3 Å². The van der Waals surface area contributed by atoms with E-state index in [1.807, 2.05) is 0 Å². The number of aryl methyl sites for hydroxylation is 1. The molecule has 4 nitrogen and oxygen atoms in total. The molecular weight excluding hydrogens is 355 g/mol. The topological polar surface area (TPSA) is 55.8 Å². The maximum atomic E-state index is 14.1. The number of hydrogen-bond acceptors (Lipinski definition) is 4. The molecule has 0 fully saturated rings. The summed E-state index contributed by atoms with van der Waals surface area (Å²) in [5.74, 6) is -1.75. The molecule has 1 aliphatic heterocycles. The fraction of sp³-hybridized carbons (Fsp3) is 0.235. The first kappa shape index (κ1) is 18.4. The third-order valence-corrected chi connectivity index (χ3v) is 4.01.